The highest BCUT2D eigenvalue weighted by molar-refractivity contribution is 5.70. The van der Waals surface area contributed by atoms with E-state index in [0.29, 0.717) is 0 Å². The molecule has 0 aliphatic heterocycles. The lowest BCUT2D eigenvalue weighted by Gasteiger charge is -2.03. The molecule has 0 bridgehead atoms. The molecule has 0 atom stereocenters. The Kier molecular flexibility index (Phi) is 2.00. The van der Waals surface area contributed by atoms with Gasteiger partial charge in [0.05, 0.1) is 6.42 Å². The van der Waals surface area contributed by atoms with E-state index >= 15 is 0 Å². The molecule has 0 saturated carbocycles. The molecule has 1 aliphatic carbocycles. The molecule has 0 spiro atoms. The van der Waals surface area contributed by atoms with Gasteiger partial charge in [-0.2, -0.15) is 0 Å². The Hall–Kier alpha value is -1.38. The van der Waals surface area contributed by atoms with Crippen LogP contribution in [0.25, 0.3) is 0 Å². The highest BCUT2D eigenvalue weighted by Crippen LogP contribution is 2.24. The van der Waals surface area contributed by atoms with E-state index < -0.39 is 5.97 Å². The first-order valence-corrected chi connectivity index (χ1v) is 4.44. The molecule has 1 aromatic heterocycles. The zero-order valence-electron chi connectivity index (χ0n) is 7.29. The summed E-state index contributed by atoms with van der Waals surface area (Å²) < 4.78 is 0. The van der Waals surface area contributed by atoms with E-state index in [9.17, 15) is 4.79 Å². The van der Waals surface area contributed by atoms with Crippen LogP contribution in [0, 0.1) is 0 Å². The fourth-order valence-electron chi connectivity index (χ4n) is 1.89. The summed E-state index contributed by atoms with van der Waals surface area (Å²) in [6.45, 7) is 0. The standard InChI is InChI=1S/C10H11NO2/c12-10(13)4-8-6-11-5-7-2-1-3-9(7)8/h5-6H,1-4H2,(H,12,13). The van der Waals surface area contributed by atoms with Gasteiger partial charge in [-0.3, -0.25) is 9.78 Å². The third kappa shape index (κ3) is 1.54. The van der Waals surface area contributed by atoms with Gasteiger partial charge in [0, 0.05) is 12.4 Å². The molecule has 0 fully saturated rings. The van der Waals surface area contributed by atoms with Gasteiger partial charge in [0.2, 0.25) is 0 Å². The lowest BCUT2D eigenvalue weighted by molar-refractivity contribution is -0.136. The summed E-state index contributed by atoms with van der Waals surface area (Å²) in [5, 5.41) is 8.67. The molecular formula is C10H11NO2. The van der Waals surface area contributed by atoms with Gasteiger partial charge in [-0.05, 0) is 36.0 Å². The summed E-state index contributed by atoms with van der Waals surface area (Å²) in [7, 11) is 0. The van der Waals surface area contributed by atoms with Gasteiger partial charge in [-0.15, -0.1) is 0 Å². The summed E-state index contributed by atoms with van der Waals surface area (Å²) >= 11 is 0. The first-order chi connectivity index (χ1) is 6.27. The monoisotopic (exact) mass is 177 g/mol. The number of carbonyl (C=O) groups is 1. The normalized spacial score (nSPS) is 14.2. The van der Waals surface area contributed by atoms with E-state index in [1.54, 1.807) is 6.20 Å². The average Bonchev–Trinajstić information content (AvgIpc) is 2.51. The quantitative estimate of drug-likeness (QED) is 0.738. The number of aromatic nitrogens is 1. The maximum Gasteiger partial charge on any atom is 0.307 e. The number of nitrogens with zero attached hydrogens (tertiary/aromatic N) is 1. The fourth-order valence-corrected chi connectivity index (χ4v) is 1.89. The van der Waals surface area contributed by atoms with Crippen molar-refractivity contribution in [2.75, 3.05) is 0 Å². The fraction of sp³-hybridized carbons (Fsp3) is 0.400. The molecule has 1 aliphatic rings. The minimum Gasteiger partial charge on any atom is -0.481 e. The molecule has 1 heterocycles. The molecule has 0 unspecified atom stereocenters. The predicted octanol–water partition coefficient (Wildman–Crippen LogP) is 1.20. The molecule has 0 saturated heterocycles. The van der Waals surface area contributed by atoms with Crippen LogP contribution in [-0.2, 0) is 24.1 Å². The Morgan fingerprint density at radius 3 is 3.08 bits per heavy atom. The van der Waals surface area contributed by atoms with Crippen molar-refractivity contribution in [3.8, 4) is 0 Å². The molecule has 3 nitrogen and oxygen atoms in total. The Morgan fingerprint density at radius 2 is 2.31 bits per heavy atom. The summed E-state index contributed by atoms with van der Waals surface area (Å²) in [6, 6.07) is 0. The van der Waals surface area contributed by atoms with Crippen molar-refractivity contribution in [3.63, 3.8) is 0 Å². The number of hydrogen-bond acceptors (Lipinski definition) is 2. The number of carboxylic acid groups (broad SMARTS) is 1. The van der Waals surface area contributed by atoms with E-state index in [-0.39, 0.29) is 6.42 Å². The van der Waals surface area contributed by atoms with Crippen LogP contribution in [0.15, 0.2) is 12.4 Å². The van der Waals surface area contributed by atoms with Crippen LogP contribution in [0.4, 0.5) is 0 Å². The summed E-state index contributed by atoms with van der Waals surface area (Å²) in [5.74, 6) is -0.776. The average molecular weight is 177 g/mol. The van der Waals surface area contributed by atoms with Crippen LogP contribution in [0.2, 0.25) is 0 Å². The first kappa shape index (κ1) is 8.23. The Morgan fingerprint density at radius 1 is 1.46 bits per heavy atom. The molecule has 68 valence electrons. The molecule has 0 amide bonds. The van der Waals surface area contributed by atoms with Gasteiger partial charge < -0.3 is 5.11 Å². The molecule has 1 aromatic rings. The Labute approximate surface area is 76.4 Å². The second-order valence-electron chi connectivity index (χ2n) is 3.36. The van der Waals surface area contributed by atoms with Crippen LogP contribution < -0.4 is 0 Å². The molecule has 3 heteroatoms. The Bertz CT molecular complexity index is 347. The number of aryl methyl sites for hydroxylation is 1. The predicted molar refractivity (Wildman–Crippen MR) is 47.6 cm³/mol. The van der Waals surface area contributed by atoms with Crippen molar-refractivity contribution in [3.05, 3.63) is 29.1 Å². The van der Waals surface area contributed by atoms with Crippen molar-refractivity contribution in [2.24, 2.45) is 0 Å². The second kappa shape index (κ2) is 3.17. The van der Waals surface area contributed by atoms with Crippen molar-refractivity contribution in [1.29, 1.82) is 0 Å². The second-order valence-corrected chi connectivity index (χ2v) is 3.36. The molecular weight excluding hydrogens is 166 g/mol. The lowest BCUT2D eigenvalue weighted by Crippen LogP contribution is -2.04. The van der Waals surface area contributed by atoms with Crippen LogP contribution in [0.1, 0.15) is 23.1 Å². The van der Waals surface area contributed by atoms with E-state index in [2.05, 4.69) is 4.98 Å². The van der Waals surface area contributed by atoms with Crippen molar-refractivity contribution in [2.45, 2.75) is 25.7 Å². The van der Waals surface area contributed by atoms with Gasteiger partial charge in [-0.1, -0.05) is 0 Å². The third-order valence-corrected chi connectivity index (χ3v) is 2.45. The van der Waals surface area contributed by atoms with Crippen LogP contribution in [0.5, 0.6) is 0 Å². The minimum atomic E-state index is -0.776. The Balaban J connectivity index is 2.36. The van der Waals surface area contributed by atoms with Crippen molar-refractivity contribution >= 4 is 5.97 Å². The number of rotatable bonds is 2. The third-order valence-electron chi connectivity index (χ3n) is 2.45. The number of fused-ring (bicyclic) bond motifs is 1. The topological polar surface area (TPSA) is 50.2 Å². The SMILES string of the molecule is O=C(O)Cc1cncc2c1CCC2. The van der Waals surface area contributed by atoms with E-state index in [1.807, 2.05) is 6.20 Å². The highest BCUT2D eigenvalue weighted by Gasteiger charge is 2.16. The van der Waals surface area contributed by atoms with Gasteiger partial charge in [0.25, 0.3) is 0 Å². The maximum absolute atomic E-state index is 10.5. The van der Waals surface area contributed by atoms with Gasteiger partial charge >= 0.3 is 5.97 Å². The maximum atomic E-state index is 10.5. The van der Waals surface area contributed by atoms with Crippen LogP contribution in [0.3, 0.4) is 0 Å². The molecule has 2 rings (SSSR count). The van der Waals surface area contributed by atoms with Crippen LogP contribution in [-0.4, -0.2) is 16.1 Å². The smallest absolute Gasteiger partial charge is 0.307 e. The first-order valence-electron chi connectivity index (χ1n) is 4.44. The van der Waals surface area contributed by atoms with Crippen LogP contribution >= 0.6 is 0 Å². The molecule has 1 N–H and O–H groups in total. The zero-order chi connectivity index (χ0) is 9.26. The van der Waals surface area contributed by atoms with Gasteiger partial charge in [0.15, 0.2) is 0 Å². The summed E-state index contributed by atoms with van der Waals surface area (Å²) in [6.07, 6.45) is 6.84. The zero-order valence-corrected chi connectivity index (χ0v) is 7.29. The molecule has 13 heavy (non-hydrogen) atoms. The highest BCUT2D eigenvalue weighted by atomic mass is 16.4. The molecule has 0 aromatic carbocycles. The minimum absolute atomic E-state index is 0.107. The lowest BCUT2D eigenvalue weighted by atomic mass is 10.0. The summed E-state index contributed by atoms with van der Waals surface area (Å²) in [4.78, 5) is 14.6. The molecule has 0 radical (unpaired) electrons. The van der Waals surface area contributed by atoms with Crippen molar-refractivity contribution in [1.82, 2.24) is 4.98 Å². The number of pyridine rings is 1. The largest absolute Gasteiger partial charge is 0.481 e. The van der Waals surface area contributed by atoms with Crippen molar-refractivity contribution < 1.29 is 9.90 Å². The van der Waals surface area contributed by atoms with E-state index in [4.69, 9.17) is 5.11 Å². The summed E-state index contributed by atoms with van der Waals surface area (Å²) in [5.41, 5.74) is 3.35. The van der Waals surface area contributed by atoms with E-state index in [0.717, 1.165) is 24.8 Å². The van der Waals surface area contributed by atoms with Gasteiger partial charge in [-0.25, -0.2) is 0 Å². The number of hydrogen-bond donors (Lipinski definition) is 1. The number of carboxylic acids is 1. The number of aliphatic carboxylic acids is 1. The van der Waals surface area contributed by atoms with E-state index in [1.165, 1.54) is 11.1 Å². The van der Waals surface area contributed by atoms with Gasteiger partial charge in [0.1, 0.15) is 0 Å².